The molecule has 0 aliphatic rings. The van der Waals surface area contributed by atoms with Crippen molar-refractivity contribution in [3.63, 3.8) is 0 Å². The fourth-order valence-electron chi connectivity index (χ4n) is 1.36. The molecule has 0 fully saturated rings. The van der Waals surface area contributed by atoms with E-state index < -0.39 is 0 Å². The number of likely N-dealkylation sites (N-methyl/N-ethyl adjacent to an activating group) is 1. The summed E-state index contributed by atoms with van der Waals surface area (Å²) in [6.07, 6.45) is 0.157. The third-order valence-electron chi connectivity index (χ3n) is 2.27. The number of ether oxygens (including phenoxy) is 1. The van der Waals surface area contributed by atoms with Crippen molar-refractivity contribution in [3.05, 3.63) is 22.7 Å². The number of amides is 1. The highest BCUT2D eigenvalue weighted by atomic mass is 35.5. The van der Waals surface area contributed by atoms with Crippen molar-refractivity contribution in [2.45, 2.75) is 26.9 Å². The number of hydrogen-bond donors (Lipinski definition) is 0. The average molecular weight is 272 g/mol. The lowest BCUT2D eigenvalue weighted by Gasteiger charge is -2.17. The summed E-state index contributed by atoms with van der Waals surface area (Å²) >= 11 is 5.73. The molecule has 1 aromatic heterocycles. The molecule has 0 aliphatic heterocycles. The predicted octanol–water partition coefficient (Wildman–Crippen LogP) is 1.94. The lowest BCUT2D eigenvalue weighted by molar-refractivity contribution is 0.0529. The molecule has 1 heterocycles. The summed E-state index contributed by atoms with van der Waals surface area (Å²) in [6.45, 7) is 6.69. The van der Waals surface area contributed by atoms with E-state index in [0.29, 0.717) is 24.5 Å². The zero-order valence-electron chi connectivity index (χ0n) is 11.1. The molecule has 0 saturated heterocycles. The second kappa shape index (κ2) is 6.66. The Morgan fingerprint density at radius 3 is 2.72 bits per heavy atom. The number of hydrogen-bond acceptors (Lipinski definition) is 4. The van der Waals surface area contributed by atoms with Gasteiger partial charge in [0.05, 0.1) is 12.7 Å². The maximum Gasteiger partial charge on any atom is 0.272 e. The number of aryl methyl sites for hydroxylation is 1. The van der Waals surface area contributed by atoms with Crippen LogP contribution in [0.25, 0.3) is 0 Å². The molecule has 0 aliphatic carbocycles. The molecule has 1 rings (SSSR count). The number of aromatic nitrogens is 2. The van der Waals surface area contributed by atoms with Crippen molar-refractivity contribution < 1.29 is 9.53 Å². The number of halogens is 1. The van der Waals surface area contributed by atoms with Crippen LogP contribution in [0.2, 0.25) is 5.28 Å². The van der Waals surface area contributed by atoms with Gasteiger partial charge in [0.2, 0.25) is 5.28 Å². The van der Waals surface area contributed by atoms with E-state index >= 15 is 0 Å². The first-order chi connectivity index (χ1) is 8.40. The van der Waals surface area contributed by atoms with Gasteiger partial charge in [0, 0.05) is 19.3 Å². The van der Waals surface area contributed by atoms with Crippen molar-refractivity contribution in [2.24, 2.45) is 0 Å². The second-order valence-electron chi connectivity index (χ2n) is 4.31. The molecule has 0 aromatic carbocycles. The van der Waals surface area contributed by atoms with Crippen LogP contribution in [-0.2, 0) is 4.74 Å². The summed E-state index contributed by atoms with van der Waals surface area (Å²) in [4.78, 5) is 21.4. The summed E-state index contributed by atoms with van der Waals surface area (Å²) < 4.78 is 5.39. The van der Waals surface area contributed by atoms with Crippen LogP contribution in [0.5, 0.6) is 0 Å². The molecule has 0 spiro atoms. The molecule has 0 N–H and O–H groups in total. The summed E-state index contributed by atoms with van der Waals surface area (Å²) in [7, 11) is 1.71. The molecule has 0 radical (unpaired) electrons. The van der Waals surface area contributed by atoms with Gasteiger partial charge in [-0.1, -0.05) is 0 Å². The molecule has 6 heteroatoms. The van der Waals surface area contributed by atoms with Crippen LogP contribution in [0.1, 0.15) is 30.0 Å². The Bertz CT molecular complexity index is 404. The lowest BCUT2D eigenvalue weighted by Crippen LogP contribution is -2.31. The van der Waals surface area contributed by atoms with Crippen molar-refractivity contribution in [1.29, 1.82) is 0 Å². The minimum atomic E-state index is -0.185. The smallest absolute Gasteiger partial charge is 0.272 e. The first-order valence-electron chi connectivity index (χ1n) is 5.78. The van der Waals surface area contributed by atoms with Crippen molar-refractivity contribution in [1.82, 2.24) is 14.9 Å². The minimum Gasteiger partial charge on any atom is -0.377 e. The van der Waals surface area contributed by atoms with E-state index in [1.807, 2.05) is 13.8 Å². The van der Waals surface area contributed by atoms with Gasteiger partial charge in [-0.2, -0.15) is 0 Å². The quantitative estimate of drug-likeness (QED) is 0.768. The molecule has 0 unspecified atom stereocenters. The molecule has 0 saturated carbocycles. The first kappa shape index (κ1) is 14.9. The molecular weight excluding hydrogens is 254 g/mol. The minimum absolute atomic E-state index is 0.0881. The van der Waals surface area contributed by atoms with Gasteiger partial charge in [0.25, 0.3) is 5.91 Å². The van der Waals surface area contributed by atoms with E-state index in [-0.39, 0.29) is 17.3 Å². The fourth-order valence-corrected chi connectivity index (χ4v) is 1.59. The Morgan fingerprint density at radius 2 is 2.17 bits per heavy atom. The maximum absolute atomic E-state index is 12.0. The van der Waals surface area contributed by atoms with E-state index in [9.17, 15) is 4.79 Å². The Hall–Kier alpha value is -1.20. The largest absolute Gasteiger partial charge is 0.377 e. The summed E-state index contributed by atoms with van der Waals surface area (Å²) in [5, 5.41) is 0.0881. The standard InChI is InChI=1S/C12H18ClN3O2/c1-8(2)18-6-5-16(4)11(17)10-7-9(3)14-12(13)15-10/h7-8H,5-6H2,1-4H3. The van der Waals surface area contributed by atoms with E-state index in [1.165, 1.54) is 0 Å². The van der Waals surface area contributed by atoms with Gasteiger partial charge in [0.1, 0.15) is 5.69 Å². The Balaban J connectivity index is 2.62. The van der Waals surface area contributed by atoms with Gasteiger partial charge in [-0.15, -0.1) is 0 Å². The zero-order valence-corrected chi connectivity index (χ0v) is 11.9. The van der Waals surface area contributed by atoms with Gasteiger partial charge >= 0.3 is 0 Å². The van der Waals surface area contributed by atoms with Crippen LogP contribution >= 0.6 is 11.6 Å². The Morgan fingerprint density at radius 1 is 1.50 bits per heavy atom. The summed E-state index contributed by atoms with van der Waals surface area (Å²) in [5.74, 6) is -0.185. The zero-order chi connectivity index (χ0) is 13.7. The van der Waals surface area contributed by atoms with Gasteiger partial charge in [0.15, 0.2) is 0 Å². The van der Waals surface area contributed by atoms with E-state index in [2.05, 4.69) is 9.97 Å². The van der Waals surface area contributed by atoms with Crippen molar-refractivity contribution in [2.75, 3.05) is 20.2 Å². The van der Waals surface area contributed by atoms with Gasteiger partial charge in [-0.25, -0.2) is 9.97 Å². The van der Waals surface area contributed by atoms with Crippen LogP contribution in [0.3, 0.4) is 0 Å². The average Bonchev–Trinajstić information content (AvgIpc) is 2.26. The van der Waals surface area contributed by atoms with Crippen molar-refractivity contribution in [3.8, 4) is 0 Å². The van der Waals surface area contributed by atoms with Crippen LogP contribution in [0.4, 0.5) is 0 Å². The first-order valence-corrected chi connectivity index (χ1v) is 6.16. The maximum atomic E-state index is 12.0. The van der Waals surface area contributed by atoms with Crippen LogP contribution in [-0.4, -0.2) is 47.1 Å². The Kier molecular flexibility index (Phi) is 5.50. The van der Waals surface area contributed by atoms with E-state index in [4.69, 9.17) is 16.3 Å². The molecule has 1 aromatic rings. The fraction of sp³-hybridized carbons (Fsp3) is 0.583. The molecule has 0 bridgehead atoms. The van der Waals surface area contributed by atoms with Crippen LogP contribution in [0, 0.1) is 6.92 Å². The summed E-state index contributed by atoms with van der Waals surface area (Å²) in [5.41, 5.74) is 0.977. The molecule has 1 amide bonds. The Labute approximate surface area is 112 Å². The van der Waals surface area contributed by atoms with Gasteiger partial charge < -0.3 is 9.64 Å². The number of nitrogens with zero attached hydrogens (tertiary/aromatic N) is 3. The van der Waals surface area contributed by atoms with Crippen LogP contribution in [0.15, 0.2) is 6.07 Å². The molecule has 0 atom stereocenters. The topological polar surface area (TPSA) is 55.3 Å². The SMILES string of the molecule is Cc1cc(C(=O)N(C)CCOC(C)C)nc(Cl)n1. The second-order valence-corrected chi connectivity index (χ2v) is 4.65. The third kappa shape index (κ3) is 4.58. The third-order valence-corrected chi connectivity index (χ3v) is 2.44. The van der Waals surface area contributed by atoms with E-state index in [1.54, 1.807) is 24.9 Å². The summed E-state index contributed by atoms with van der Waals surface area (Å²) in [6, 6.07) is 1.62. The normalized spacial score (nSPS) is 10.8. The van der Waals surface area contributed by atoms with Gasteiger partial charge in [-0.3, -0.25) is 4.79 Å². The molecule has 18 heavy (non-hydrogen) atoms. The number of carbonyl (C=O) groups excluding carboxylic acids is 1. The van der Waals surface area contributed by atoms with E-state index in [0.717, 1.165) is 0 Å². The predicted molar refractivity (Wildman–Crippen MR) is 69.8 cm³/mol. The highest BCUT2D eigenvalue weighted by Gasteiger charge is 2.14. The highest BCUT2D eigenvalue weighted by molar-refractivity contribution is 6.28. The van der Waals surface area contributed by atoms with Crippen molar-refractivity contribution >= 4 is 17.5 Å². The highest BCUT2D eigenvalue weighted by Crippen LogP contribution is 2.07. The van der Waals surface area contributed by atoms with Crippen LogP contribution < -0.4 is 0 Å². The molecule has 100 valence electrons. The lowest BCUT2D eigenvalue weighted by atomic mass is 10.3. The monoisotopic (exact) mass is 271 g/mol. The number of rotatable bonds is 5. The molecular formula is C12H18ClN3O2. The molecule has 5 nitrogen and oxygen atoms in total. The van der Waals surface area contributed by atoms with Gasteiger partial charge in [-0.05, 0) is 38.4 Å². The number of carbonyl (C=O) groups is 1.